The average Bonchev–Trinajstić information content (AvgIpc) is 2.47. The molecule has 0 aliphatic heterocycles. The van der Waals surface area contributed by atoms with Crippen LogP contribution < -0.4 is 10.6 Å². The summed E-state index contributed by atoms with van der Waals surface area (Å²) in [6.45, 7) is 0. The predicted molar refractivity (Wildman–Crippen MR) is 67.3 cm³/mol. The number of nitriles is 3. The van der Waals surface area contributed by atoms with Gasteiger partial charge in [-0.3, -0.25) is 4.79 Å². The van der Waals surface area contributed by atoms with Gasteiger partial charge in [0.25, 0.3) is 5.91 Å². The van der Waals surface area contributed by atoms with Gasteiger partial charge < -0.3 is 10.6 Å². The maximum absolute atomic E-state index is 11.3. The Kier molecular flexibility index (Phi) is 4.66. The summed E-state index contributed by atoms with van der Waals surface area (Å²) in [7, 11) is 1.52. The monoisotopic (exact) mass is 251 g/mol. The number of anilines is 1. The molecule has 19 heavy (non-hydrogen) atoms. The fourth-order valence-electron chi connectivity index (χ4n) is 1.28. The van der Waals surface area contributed by atoms with E-state index < -0.39 is 0 Å². The highest BCUT2D eigenvalue weighted by molar-refractivity contribution is 5.94. The van der Waals surface area contributed by atoms with Crippen molar-refractivity contribution in [3.63, 3.8) is 0 Å². The smallest absolute Gasteiger partial charge is 0.251 e. The van der Waals surface area contributed by atoms with Gasteiger partial charge in [-0.25, -0.2) is 0 Å². The number of benzene rings is 1. The molecule has 92 valence electrons. The lowest BCUT2D eigenvalue weighted by molar-refractivity contribution is 0.0963. The summed E-state index contributed by atoms with van der Waals surface area (Å²) in [4.78, 5) is 11.3. The zero-order valence-corrected chi connectivity index (χ0v) is 10.1. The number of rotatable bonds is 3. The zero-order chi connectivity index (χ0) is 14.3. The molecule has 2 N–H and O–H groups in total. The Bertz CT molecular complexity index is 622. The highest BCUT2D eigenvalue weighted by atomic mass is 16.1. The van der Waals surface area contributed by atoms with Crippen LogP contribution in [-0.2, 0) is 0 Å². The predicted octanol–water partition coefficient (Wildman–Crippen LogP) is 1.28. The van der Waals surface area contributed by atoms with E-state index >= 15 is 0 Å². The molecule has 0 saturated heterocycles. The fraction of sp³-hybridized carbons (Fsp3) is 0.0769. The maximum atomic E-state index is 11.3. The van der Waals surface area contributed by atoms with Crippen LogP contribution in [0.4, 0.5) is 5.69 Å². The van der Waals surface area contributed by atoms with Crippen LogP contribution in [0.2, 0.25) is 0 Å². The van der Waals surface area contributed by atoms with Crippen molar-refractivity contribution in [3.05, 3.63) is 41.1 Å². The summed E-state index contributed by atoms with van der Waals surface area (Å²) in [5.41, 5.74) is 0.555. The van der Waals surface area contributed by atoms with Crippen molar-refractivity contribution in [2.45, 2.75) is 0 Å². The first kappa shape index (κ1) is 13.8. The molecule has 0 bridgehead atoms. The molecule has 0 aliphatic carbocycles. The van der Waals surface area contributed by atoms with Crippen LogP contribution in [-0.4, -0.2) is 13.0 Å². The minimum atomic E-state index is -0.294. The molecule has 0 aromatic heterocycles. The first-order valence-electron chi connectivity index (χ1n) is 5.20. The molecule has 0 radical (unpaired) electrons. The van der Waals surface area contributed by atoms with Crippen LogP contribution in [0, 0.1) is 34.0 Å². The Balaban J connectivity index is 3.00. The molecule has 0 fully saturated rings. The second kappa shape index (κ2) is 6.44. The highest BCUT2D eigenvalue weighted by Gasteiger charge is 2.07. The van der Waals surface area contributed by atoms with E-state index in [4.69, 9.17) is 15.8 Å². The summed E-state index contributed by atoms with van der Waals surface area (Å²) < 4.78 is 0. The van der Waals surface area contributed by atoms with Crippen molar-refractivity contribution in [2.24, 2.45) is 0 Å². The van der Waals surface area contributed by atoms with Crippen LogP contribution in [0.3, 0.4) is 0 Å². The molecule has 0 spiro atoms. The molecular weight excluding hydrogens is 242 g/mol. The minimum absolute atomic E-state index is 0.127. The number of carbonyl (C=O) groups is 1. The zero-order valence-electron chi connectivity index (χ0n) is 10.1. The van der Waals surface area contributed by atoms with Gasteiger partial charge in [-0.15, -0.1) is 0 Å². The molecule has 0 unspecified atom stereocenters. The van der Waals surface area contributed by atoms with Crippen LogP contribution in [0.5, 0.6) is 0 Å². The number of hydrogen-bond acceptors (Lipinski definition) is 5. The first-order chi connectivity index (χ1) is 9.15. The summed E-state index contributed by atoms with van der Waals surface area (Å²) in [5, 5.41) is 31.4. The number of nitrogens with one attached hydrogen (secondary N) is 2. The average molecular weight is 251 g/mol. The molecular formula is C13H9N5O. The maximum Gasteiger partial charge on any atom is 0.251 e. The number of nitrogens with zero attached hydrogens (tertiary/aromatic N) is 3. The second-order valence-corrected chi connectivity index (χ2v) is 3.37. The van der Waals surface area contributed by atoms with Gasteiger partial charge in [0, 0.05) is 18.3 Å². The third-order valence-corrected chi connectivity index (χ3v) is 2.23. The third-order valence-electron chi connectivity index (χ3n) is 2.23. The van der Waals surface area contributed by atoms with Gasteiger partial charge in [0.15, 0.2) is 5.57 Å². The lowest BCUT2D eigenvalue weighted by Crippen LogP contribution is -2.17. The normalized spacial score (nSPS) is 8.32. The van der Waals surface area contributed by atoms with Crippen LogP contribution in [0.15, 0.2) is 35.5 Å². The number of allylic oxidation sites excluding steroid dienone is 2. The Morgan fingerprint density at radius 2 is 1.63 bits per heavy atom. The summed E-state index contributed by atoms with van der Waals surface area (Å²) in [6, 6.07) is 11.3. The molecule has 0 atom stereocenters. The van der Waals surface area contributed by atoms with E-state index in [1.54, 1.807) is 42.5 Å². The summed E-state index contributed by atoms with van der Waals surface area (Å²) >= 11 is 0. The summed E-state index contributed by atoms with van der Waals surface area (Å²) in [5.74, 6) is -0.225. The van der Waals surface area contributed by atoms with Crippen molar-refractivity contribution in [3.8, 4) is 18.2 Å². The molecule has 1 aromatic rings. The molecule has 0 heterocycles. The van der Waals surface area contributed by atoms with Crippen molar-refractivity contribution < 1.29 is 4.79 Å². The lowest BCUT2D eigenvalue weighted by Gasteiger charge is -2.05. The Morgan fingerprint density at radius 3 is 2.05 bits per heavy atom. The Morgan fingerprint density at radius 1 is 1.05 bits per heavy atom. The SMILES string of the molecule is CNC(=O)c1ccc(NC(C#N)=C(C#N)C#N)cc1. The molecule has 6 nitrogen and oxygen atoms in total. The quantitative estimate of drug-likeness (QED) is 0.786. The van der Waals surface area contributed by atoms with E-state index in [2.05, 4.69) is 10.6 Å². The van der Waals surface area contributed by atoms with E-state index in [0.29, 0.717) is 11.3 Å². The van der Waals surface area contributed by atoms with E-state index in [0.717, 1.165) is 0 Å². The minimum Gasteiger partial charge on any atom is -0.355 e. The summed E-state index contributed by atoms with van der Waals surface area (Å²) in [6.07, 6.45) is 0. The van der Waals surface area contributed by atoms with E-state index in [1.165, 1.54) is 7.05 Å². The van der Waals surface area contributed by atoms with Crippen molar-refractivity contribution in [2.75, 3.05) is 12.4 Å². The first-order valence-corrected chi connectivity index (χ1v) is 5.20. The van der Waals surface area contributed by atoms with Crippen molar-refractivity contribution >= 4 is 11.6 Å². The number of carbonyl (C=O) groups excluding carboxylic acids is 1. The van der Waals surface area contributed by atoms with E-state index in [1.807, 2.05) is 0 Å². The molecule has 0 saturated carbocycles. The van der Waals surface area contributed by atoms with Gasteiger partial charge in [-0.2, -0.15) is 15.8 Å². The fourth-order valence-corrected chi connectivity index (χ4v) is 1.28. The number of amides is 1. The second-order valence-electron chi connectivity index (χ2n) is 3.37. The standard InChI is InChI=1S/C13H9N5O/c1-17-13(19)9-2-4-11(5-3-9)18-12(8-16)10(6-14)7-15/h2-5,18H,1H3,(H,17,19). The Labute approximate surface area is 110 Å². The topological polar surface area (TPSA) is 112 Å². The molecule has 6 heteroatoms. The lowest BCUT2D eigenvalue weighted by atomic mass is 10.2. The van der Waals surface area contributed by atoms with Crippen molar-refractivity contribution in [1.82, 2.24) is 5.32 Å². The van der Waals surface area contributed by atoms with Crippen LogP contribution >= 0.6 is 0 Å². The van der Waals surface area contributed by atoms with Crippen LogP contribution in [0.1, 0.15) is 10.4 Å². The van der Waals surface area contributed by atoms with Gasteiger partial charge >= 0.3 is 0 Å². The molecule has 1 rings (SSSR count). The van der Waals surface area contributed by atoms with E-state index in [-0.39, 0.29) is 17.2 Å². The highest BCUT2D eigenvalue weighted by Crippen LogP contribution is 2.13. The molecule has 0 aliphatic rings. The Hall–Kier alpha value is -3.30. The van der Waals surface area contributed by atoms with Gasteiger partial charge in [0.1, 0.15) is 23.9 Å². The largest absolute Gasteiger partial charge is 0.355 e. The molecule has 1 aromatic carbocycles. The van der Waals surface area contributed by atoms with E-state index in [9.17, 15) is 4.79 Å². The number of hydrogen-bond donors (Lipinski definition) is 2. The van der Waals surface area contributed by atoms with Gasteiger partial charge in [-0.05, 0) is 24.3 Å². The van der Waals surface area contributed by atoms with Crippen molar-refractivity contribution in [1.29, 1.82) is 15.8 Å². The van der Waals surface area contributed by atoms with Gasteiger partial charge in [-0.1, -0.05) is 0 Å². The van der Waals surface area contributed by atoms with Gasteiger partial charge in [0.05, 0.1) is 0 Å². The van der Waals surface area contributed by atoms with Crippen LogP contribution in [0.25, 0.3) is 0 Å². The van der Waals surface area contributed by atoms with Gasteiger partial charge in [0.2, 0.25) is 0 Å². The molecule has 1 amide bonds. The third kappa shape index (κ3) is 3.33.